The van der Waals surface area contributed by atoms with Crippen molar-refractivity contribution in [2.75, 3.05) is 13.9 Å². The molecule has 0 aromatic heterocycles. The molecule has 1 heterocycles. The first-order valence-electron chi connectivity index (χ1n) is 8.01. The quantitative estimate of drug-likeness (QED) is 0.901. The molecule has 1 fully saturated rings. The molecule has 0 spiro atoms. The molecule has 0 radical (unpaired) electrons. The minimum atomic E-state index is 0.281. The predicted octanol–water partition coefficient (Wildman–Crippen LogP) is 3.48. The molecule has 1 saturated carbocycles. The van der Waals surface area contributed by atoms with Crippen LogP contribution in [0.3, 0.4) is 0 Å². The fraction of sp³-hybridized carbons (Fsp3) is 0.647. The molecule has 2 unspecified atom stereocenters. The van der Waals surface area contributed by atoms with Crippen molar-refractivity contribution in [3.8, 4) is 17.2 Å². The van der Waals surface area contributed by atoms with Gasteiger partial charge in [0.2, 0.25) is 12.5 Å². The van der Waals surface area contributed by atoms with Crippen LogP contribution in [-0.2, 0) is 6.54 Å². The van der Waals surface area contributed by atoms with Gasteiger partial charge in [0, 0.05) is 12.6 Å². The Hall–Kier alpha value is -1.42. The minimum Gasteiger partial charge on any atom is -0.493 e. The van der Waals surface area contributed by atoms with Gasteiger partial charge < -0.3 is 19.5 Å². The molecule has 0 bridgehead atoms. The van der Waals surface area contributed by atoms with Crippen molar-refractivity contribution in [3.63, 3.8) is 0 Å². The second-order valence-corrected chi connectivity index (χ2v) is 5.97. The normalized spacial score (nSPS) is 24.1. The number of methoxy groups -OCH3 is 1. The second-order valence-electron chi connectivity index (χ2n) is 5.97. The van der Waals surface area contributed by atoms with Gasteiger partial charge in [0.05, 0.1) is 7.11 Å². The van der Waals surface area contributed by atoms with Crippen LogP contribution >= 0.6 is 0 Å². The van der Waals surface area contributed by atoms with E-state index in [0.717, 1.165) is 29.7 Å². The number of hydrogen-bond acceptors (Lipinski definition) is 4. The largest absolute Gasteiger partial charge is 0.493 e. The standard InChI is InChI=1S/C17H25NO3/c1-3-13-6-4-5-7-14(13)18-10-12-8-15(19-2)17-16(9-12)20-11-21-17/h8-9,13-14,18H,3-7,10-11H2,1-2H3. The van der Waals surface area contributed by atoms with Crippen molar-refractivity contribution >= 4 is 0 Å². The number of fused-ring (bicyclic) bond motifs is 1. The van der Waals surface area contributed by atoms with Gasteiger partial charge in [-0.3, -0.25) is 0 Å². The molecule has 0 amide bonds. The van der Waals surface area contributed by atoms with Crippen LogP contribution in [-0.4, -0.2) is 19.9 Å². The molecule has 4 nitrogen and oxygen atoms in total. The first-order chi connectivity index (χ1) is 10.3. The molecule has 1 aliphatic carbocycles. The van der Waals surface area contributed by atoms with Crippen molar-refractivity contribution in [2.45, 2.75) is 51.6 Å². The van der Waals surface area contributed by atoms with Gasteiger partial charge in [0.15, 0.2) is 11.5 Å². The van der Waals surface area contributed by atoms with Gasteiger partial charge in [-0.25, -0.2) is 0 Å². The fourth-order valence-electron chi connectivity index (χ4n) is 3.50. The van der Waals surface area contributed by atoms with Crippen LogP contribution in [0.2, 0.25) is 0 Å². The molecule has 116 valence electrons. The lowest BCUT2D eigenvalue weighted by Gasteiger charge is -2.31. The molecular weight excluding hydrogens is 266 g/mol. The zero-order valence-corrected chi connectivity index (χ0v) is 13.0. The van der Waals surface area contributed by atoms with Crippen LogP contribution in [0.4, 0.5) is 0 Å². The van der Waals surface area contributed by atoms with Crippen molar-refractivity contribution in [1.82, 2.24) is 5.32 Å². The fourth-order valence-corrected chi connectivity index (χ4v) is 3.50. The van der Waals surface area contributed by atoms with Gasteiger partial charge >= 0.3 is 0 Å². The summed E-state index contributed by atoms with van der Waals surface area (Å²) in [5.41, 5.74) is 1.19. The van der Waals surface area contributed by atoms with Gasteiger partial charge in [0.25, 0.3) is 0 Å². The highest BCUT2D eigenvalue weighted by molar-refractivity contribution is 5.55. The van der Waals surface area contributed by atoms with Gasteiger partial charge in [-0.15, -0.1) is 0 Å². The third kappa shape index (κ3) is 3.10. The highest BCUT2D eigenvalue weighted by Crippen LogP contribution is 2.41. The Morgan fingerprint density at radius 1 is 1.24 bits per heavy atom. The van der Waals surface area contributed by atoms with Crippen LogP contribution in [0.25, 0.3) is 0 Å². The van der Waals surface area contributed by atoms with Crippen LogP contribution < -0.4 is 19.5 Å². The summed E-state index contributed by atoms with van der Waals surface area (Å²) in [6.45, 7) is 3.44. The Bertz CT molecular complexity index is 489. The lowest BCUT2D eigenvalue weighted by atomic mass is 9.83. The molecule has 2 atom stereocenters. The van der Waals surface area contributed by atoms with E-state index in [-0.39, 0.29) is 6.79 Å². The van der Waals surface area contributed by atoms with E-state index in [1.807, 2.05) is 6.07 Å². The van der Waals surface area contributed by atoms with E-state index in [9.17, 15) is 0 Å². The summed E-state index contributed by atoms with van der Waals surface area (Å²) >= 11 is 0. The molecule has 21 heavy (non-hydrogen) atoms. The van der Waals surface area contributed by atoms with Gasteiger partial charge in [0.1, 0.15) is 0 Å². The Labute approximate surface area is 126 Å². The van der Waals surface area contributed by atoms with Crippen LogP contribution in [0.15, 0.2) is 12.1 Å². The second kappa shape index (κ2) is 6.56. The molecule has 1 aliphatic heterocycles. The number of benzene rings is 1. The molecule has 1 N–H and O–H groups in total. The Kier molecular flexibility index (Phi) is 4.54. The summed E-state index contributed by atoms with van der Waals surface area (Å²) in [7, 11) is 1.67. The third-order valence-corrected chi connectivity index (χ3v) is 4.72. The topological polar surface area (TPSA) is 39.7 Å². The molecule has 2 aliphatic rings. The molecule has 1 aromatic rings. The molecule has 0 saturated heterocycles. The summed E-state index contributed by atoms with van der Waals surface area (Å²) in [5, 5.41) is 3.73. The van der Waals surface area contributed by atoms with Crippen molar-refractivity contribution in [2.24, 2.45) is 5.92 Å². The third-order valence-electron chi connectivity index (χ3n) is 4.72. The maximum Gasteiger partial charge on any atom is 0.231 e. The number of hydrogen-bond donors (Lipinski definition) is 1. The highest BCUT2D eigenvalue weighted by Gasteiger charge is 2.24. The lowest BCUT2D eigenvalue weighted by molar-refractivity contribution is 0.171. The number of rotatable bonds is 5. The van der Waals surface area contributed by atoms with E-state index < -0.39 is 0 Å². The highest BCUT2D eigenvalue weighted by atomic mass is 16.7. The average Bonchev–Trinajstić information content (AvgIpc) is 3.00. The maximum absolute atomic E-state index is 5.49. The van der Waals surface area contributed by atoms with E-state index in [4.69, 9.17) is 14.2 Å². The van der Waals surface area contributed by atoms with Crippen LogP contribution in [0.5, 0.6) is 17.2 Å². The summed E-state index contributed by atoms with van der Waals surface area (Å²) < 4.78 is 16.3. The SMILES string of the molecule is CCC1CCCCC1NCc1cc(OC)c2c(c1)OCO2. The van der Waals surface area contributed by atoms with Gasteiger partial charge in [-0.2, -0.15) is 0 Å². The number of ether oxygens (including phenoxy) is 3. The van der Waals surface area contributed by atoms with Crippen molar-refractivity contribution in [3.05, 3.63) is 17.7 Å². The van der Waals surface area contributed by atoms with Gasteiger partial charge in [-0.05, 0) is 36.5 Å². The first kappa shape index (κ1) is 14.5. The molecule has 1 aromatic carbocycles. The summed E-state index contributed by atoms with van der Waals surface area (Å²) in [5.74, 6) is 3.10. The Morgan fingerprint density at radius 2 is 2.10 bits per heavy atom. The maximum atomic E-state index is 5.49. The minimum absolute atomic E-state index is 0.281. The van der Waals surface area contributed by atoms with E-state index in [0.29, 0.717) is 6.04 Å². The zero-order valence-electron chi connectivity index (χ0n) is 13.0. The molecule has 4 heteroatoms. The van der Waals surface area contributed by atoms with Crippen molar-refractivity contribution < 1.29 is 14.2 Å². The average molecular weight is 291 g/mol. The van der Waals surface area contributed by atoms with Gasteiger partial charge in [-0.1, -0.05) is 26.2 Å². The summed E-state index contributed by atoms with van der Waals surface area (Å²) in [6.07, 6.45) is 6.65. The van der Waals surface area contributed by atoms with E-state index >= 15 is 0 Å². The monoisotopic (exact) mass is 291 g/mol. The summed E-state index contributed by atoms with van der Waals surface area (Å²) in [4.78, 5) is 0. The Balaban J connectivity index is 1.67. The van der Waals surface area contributed by atoms with Crippen molar-refractivity contribution in [1.29, 1.82) is 0 Å². The van der Waals surface area contributed by atoms with E-state index in [1.54, 1.807) is 7.11 Å². The predicted molar refractivity (Wildman–Crippen MR) is 82.0 cm³/mol. The van der Waals surface area contributed by atoms with Crippen LogP contribution in [0.1, 0.15) is 44.6 Å². The van der Waals surface area contributed by atoms with E-state index in [1.165, 1.54) is 37.7 Å². The zero-order chi connectivity index (χ0) is 14.7. The first-order valence-corrected chi connectivity index (χ1v) is 8.01. The van der Waals surface area contributed by atoms with Crippen LogP contribution in [0, 0.1) is 5.92 Å². The number of nitrogens with one attached hydrogen (secondary N) is 1. The van der Waals surface area contributed by atoms with E-state index in [2.05, 4.69) is 18.3 Å². The smallest absolute Gasteiger partial charge is 0.231 e. The summed E-state index contributed by atoms with van der Waals surface area (Å²) in [6, 6.07) is 4.74. The molecule has 3 rings (SSSR count). The lowest BCUT2D eigenvalue weighted by Crippen LogP contribution is -2.37. The molecular formula is C17H25NO3. The Morgan fingerprint density at radius 3 is 2.90 bits per heavy atom.